The Bertz CT molecular complexity index is 234. The van der Waals surface area contributed by atoms with E-state index in [9.17, 15) is 0 Å². The molecule has 1 rings (SSSR count). The van der Waals surface area contributed by atoms with Crippen LogP contribution in [0.2, 0.25) is 0 Å². The van der Waals surface area contributed by atoms with Crippen LogP contribution in [0.25, 0.3) is 0 Å². The second-order valence-corrected chi connectivity index (χ2v) is 5.33. The number of hydrogen-bond acceptors (Lipinski definition) is 3. The van der Waals surface area contributed by atoms with Crippen molar-refractivity contribution in [2.45, 2.75) is 51.5 Å². The van der Waals surface area contributed by atoms with E-state index >= 15 is 0 Å². The van der Waals surface area contributed by atoms with Crippen LogP contribution in [0.5, 0.6) is 0 Å². The summed E-state index contributed by atoms with van der Waals surface area (Å²) in [6, 6.07) is 2.15. The van der Waals surface area contributed by atoms with Gasteiger partial charge in [0.2, 0.25) is 0 Å². The quantitative estimate of drug-likeness (QED) is 0.777. The summed E-state index contributed by atoms with van der Waals surface area (Å²) in [5, 5.41) is 8.81. The predicted molar refractivity (Wildman–Crippen MR) is 66.9 cm³/mol. The predicted octanol–water partition coefficient (Wildman–Crippen LogP) is 2.13. The van der Waals surface area contributed by atoms with Crippen LogP contribution < -0.4 is 5.73 Å². The molecule has 1 aliphatic rings. The standard InChI is InChI=1S/C13H25N3/c1-3-12-5-9-16(10-6-12)8-4-7-13(2,15)11-14/h12H,3-10,15H2,1-2H3. The molecule has 1 aliphatic heterocycles. The number of hydrogen-bond donors (Lipinski definition) is 1. The van der Waals surface area contributed by atoms with Gasteiger partial charge in [-0.05, 0) is 58.2 Å². The van der Waals surface area contributed by atoms with Crippen molar-refractivity contribution in [2.75, 3.05) is 19.6 Å². The lowest BCUT2D eigenvalue weighted by atomic mass is 9.94. The van der Waals surface area contributed by atoms with Gasteiger partial charge in [-0.2, -0.15) is 5.26 Å². The Morgan fingerprint density at radius 2 is 2.06 bits per heavy atom. The molecule has 0 saturated carbocycles. The molecule has 3 heteroatoms. The average Bonchev–Trinajstić information content (AvgIpc) is 2.30. The SMILES string of the molecule is CCC1CCN(CCCC(C)(N)C#N)CC1. The van der Waals surface area contributed by atoms with E-state index in [0.717, 1.165) is 25.3 Å². The minimum absolute atomic E-state index is 0.637. The van der Waals surface area contributed by atoms with Crippen molar-refractivity contribution in [2.24, 2.45) is 11.7 Å². The van der Waals surface area contributed by atoms with Gasteiger partial charge in [0.15, 0.2) is 0 Å². The van der Waals surface area contributed by atoms with Crippen molar-refractivity contribution in [3.8, 4) is 6.07 Å². The second-order valence-electron chi connectivity index (χ2n) is 5.33. The molecule has 0 aliphatic carbocycles. The molecule has 16 heavy (non-hydrogen) atoms. The fourth-order valence-electron chi connectivity index (χ4n) is 2.34. The summed E-state index contributed by atoms with van der Waals surface area (Å²) in [4.78, 5) is 2.51. The average molecular weight is 223 g/mol. The highest BCUT2D eigenvalue weighted by Gasteiger charge is 2.20. The molecule has 1 unspecified atom stereocenters. The summed E-state index contributed by atoms with van der Waals surface area (Å²) in [7, 11) is 0. The first-order valence-electron chi connectivity index (χ1n) is 6.50. The van der Waals surface area contributed by atoms with E-state index in [1.807, 2.05) is 6.92 Å². The van der Waals surface area contributed by atoms with E-state index in [1.54, 1.807) is 0 Å². The van der Waals surface area contributed by atoms with Gasteiger partial charge in [-0.1, -0.05) is 13.3 Å². The van der Waals surface area contributed by atoms with Gasteiger partial charge >= 0.3 is 0 Å². The molecule has 92 valence electrons. The van der Waals surface area contributed by atoms with Gasteiger partial charge in [-0.3, -0.25) is 0 Å². The maximum atomic E-state index is 8.81. The fraction of sp³-hybridized carbons (Fsp3) is 0.923. The summed E-state index contributed by atoms with van der Waals surface area (Å²) in [6.45, 7) is 7.66. The third-order valence-corrected chi connectivity index (χ3v) is 3.71. The third kappa shape index (κ3) is 4.51. The first-order chi connectivity index (χ1) is 7.57. The molecule has 0 radical (unpaired) electrons. The minimum atomic E-state index is -0.637. The molecule has 0 spiro atoms. The number of nitriles is 1. The van der Waals surface area contributed by atoms with Crippen molar-refractivity contribution in [3.63, 3.8) is 0 Å². The van der Waals surface area contributed by atoms with E-state index < -0.39 is 5.54 Å². The van der Waals surface area contributed by atoms with Crippen molar-refractivity contribution in [3.05, 3.63) is 0 Å². The van der Waals surface area contributed by atoms with Crippen LogP contribution in [0.4, 0.5) is 0 Å². The maximum Gasteiger partial charge on any atom is 0.101 e. The van der Waals surface area contributed by atoms with E-state index in [-0.39, 0.29) is 0 Å². The summed E-state index contributed by atoms with van der Waals surface area (Å²) in [5.41, 5.74) is 5.16. The zero-order chi connectivity index (χ0) is 12.0. The number of nitrogens with zero attached hydrogens (tertiary/aromatic N) is 2. The van der Waals surface area contributed by atoms with Gasteiger partial charge in [0, 0.05) is 0 Å². The Morgan fingerprint density at radius 3 is 2.56 bits per heavy atom. The van der Waals surface area contributed by atoms with Gasteiger partial charge in [0.25, 0.3) is 0 Å². The van der Waals surface area contributed by atoms with Crippen molar-refractivity contribution < 1.29 is 0 Å². The lowest BCUT2D eigenvalue weighted by Gasteiger charge is -2.31. The van der Waals surface area contributed by atoms with Gasteiger partial charge in [0.05, 0.1) is 6.07 Å². The van der Waals surface area contributed by atoms with E-state index in [0.29, 0.717) is 0 Å². The molecule has 0 bridgehead atoms. The second kappa shape index (κ2) is 6.22. The van der Waals surface area contributed by atoms with Gasteiger partial charge in [-0.25, -0.2) is 0 Å². The van der Waals surface area contributed by atoms with Crippen molar-refractivity contribution in [1.82, 2.24) is 4.90 Å². The first-order valence-corrected chi connectivity index (χ1v) is 6.50. The van der Waals surface area contributed by atoms with Gasteiger partial charge < -0.3 is 10.6 Å². The Kier molecular flexibility index (Phi) is 5.24. The Labute approximate surface area is 99.6 Å². The van der Waals surface area contributed by atoms with E-state index in [1.165, 1.54) is 32.4 Å². The zero-order valence-electron chi connectivity index (χ0n) is 10.7. The maximum absolute atomic E-state index is 8.81. The van der Waals surface area contributed by atoms with Crippen LogP contribution in [0.1, 0.15) is 46.0 Å². The van der Waals surface area contributed by atoms with Crippen molar-refractivity contribution in [1.29, 1.82) is 5.26 Å². The summed E-state index contributed by atoms with van der Waals surface area (Å²) in [5.74, 6) is 0.940. The molecule has 0 aromatic rings. The molecule has 2 N–H and O–H groups in total. The van der Waals surface area contributed by atoms with Crippen LogP contribution >= 0.6 is 0 Å². The normalized spacial score (nSPS) is 22.6. The van der Waals surface area contributed by atoms with E-state index in [4.69, 9.17) is 11.0 Å². The molecule has 1 saturated heterocycles. The molecule has 0 aromatic carbocycles. The Balaban J connectivity index is 2.14. The first kappa shape index (κ1) is 13.5. The molecule has 0 aromatic heterocycles. The van der Waals surface area contributed by atoms with Crippen LogP contribution in [0.3, 0.4) is 0 Å². The van der Waals surface area contributed by atoms with Crippen LogP contribution in [0, 0.1) is 17.2 Å². The number of likely N-dealkylation sites (tertiary alicyclic amines) is 1. The number of piperidine rings is 1. The Morgan fingerprint density at radius 1 is 1.44 bits per heavy atom. The summed E-state index contributed by atoms with van der Waals surface area (Å²) < 4.78 is 0. The fourth-order valence-corrected chi connectivity index (χ4v) is 2.34. The van der Waals surface area contributed by atoms with Crippen LogP contribution in [-0.2, 0) is 0 Å². The highest BCUT2D eigenvalue weighted by atomic mass is 15.1. The smallest absolute Gasteiger partial charge is 0.101 e. The Hall–Kier alpha value is -0.590. The lowest BCUT2D eigenvalue weighted by molar-refractivity contribution is 0.177. The van der Waals surface area contributed by atoms with E-state index in [2.05, 4.69) is 17.9 Å². The van der Waals surface area contributed by atoms with Crippen LogP contribution in [-0.4, -0.2) is 30.1 Å². The lowest BCUT2D eigenvalue weighted by Crippen LogP contribution is -2.37. The molecule has 1 atom stereocenters. The number of nitrogens with two attached hydrogens (primary N) is 1. The van der Waals surface area contributed by atoms with Crippen molar-refractivity contribution >= 4 is 0 Å². The molecular weight excluding hydrogens is 198 g/mol. The zero-order valence-corrected chi connectivity index (χ0v) is 10.7. The van der Waals surface area contributed by atoms with Crippen LogP contribution in [0.15, 0.2) is 0 Å². The topological polar surface area (TPSA) is 53.0 Å². The van der Waals surface area contributed by atoms with Gasteiger partial charge in [0.1, 0.15) is 5.54 Å². The highest BCUT2D eigenvalue weighted by molar-refractivity contribution is 5.00. The number of rotatable bonds is 5. The third-order valence-electron chi connectivity index (χ3n) is 3.71. The molecule has 1 fully saturated rings. The monoisotopic (exact) mass is 223 g/mol. The highest BCUT2D eigenvalue weighted by Crippen LogP contribution is 2.20. The van der Waals surface area contributed by atoms with Gasteiger partial charge in [-0.15, -0.1) is 0 Å². The minimum Gasteiger partial charge on any atom is -0.314 e. The summed E-state index contributed by atoms with van der Waals surface area (Å²) >= 11 is 0. The molecular formula is C13H25N3. The largest absolute Gasteiger partial charge is 0.314 e. The summed E-state index contributed by atoms with van der Waals surface area (Å²) in [6.07, 6.45) is 5.85. The molecule has 1 heterocycles. The molecule has 0 amide bonds. The molecule has 3 nitrogen and oxygen atoms in total.